The van der Waals surface area contributed by atoms with Crippen LogP contribution in [0.3, 0.4) is 0 Å². The average molecular weight is 389 g/mol. The Bertz CT molecular complexity index is 54.6. The first kappa shape index (κ1) is 29.3. The predicted octanol–water partition coefficient (Wildman–Crippen LogP) is -8.87. The molecule has 0 spiro atoms. The van der Waals surface area contributed by atoms with Crippen LogP contribution in [0.5, 0.6) is 0 Å². The third-order valence-corrected chi connectivity index (χ3v) is 0. The molecule has 0 N–H and O–H groups in total. The molecule has 0 saturated carbocycles. The summed E-state index contributed by atoms with van der Waals surface area (Å²) in [6, 6.07) is 0. The molecule has 0 fully saturated rings. The standard InChI is InChI=1S/3GeHO2.Li.Zn/c3*2-1-3;;/h3*1H;;/q3*-1;+1;+2. The van der Waals surface area contributed by atoms with Crippen LogP contribution in [0.4, 0.5) is 0 Å². The Morgan fingerprint density at radius 3 is 0.727 bits per heavy atom. The van der Waals surface area contributed by atoms with Gasteiger partial charge in [-0.25, -0.2) is 0 Å². The van der Waals surface area contributed by atoms with Gasteiger partial charge < -0.3 is 0 Å². The Balaban J connectivity index is -0.0000000150. The third-order valence-electron chi connectivity index (χ3n) is 0. The zero-order valence-electron chi connectivity index (χ0n) is 5.89. The fourth-order valence-electron chi connectivity index (χ4n) is 0. The maximum absolute atomic E-state index is 8.53. The SMILES string of the molecule is [Li+].[O]=[GeH][O-].[O]=[GeH][O-].[O]=[GeH][O-].[Zn+2]. The van der Waals surface area contributed by atoms with Crippen molar-refractivity contribution in [2.24, 2.45) is 0 Å². The van der Waals surface area contributed by atoms with E-state index < -0.39 is 47.1 Å². The smallest absolute Gasteiger partial charge is 2.00 e. The summed E-state index contributed by atoms with van der Waals surface area (Å²) < 4.78 is 51.2. The van der Waals surface area contributed by atoms with Crippen LogP contribution >= 0.6 is 0 Å². The average Bonchev–Trinajstić information content (AvgIpc) is 1.70. The first-order valence-electron chi connectivity index (χ1n) is 1.41. The van der Waals surface area contributed by atoms with Crippen molar-refractivity contribution in [3.63, 3.8) is 0 Å². The van der Waals surface area contributed by atoms with Crippen LogP contribution in [-0.4, -0.2) is 47.1 Å². The molecule has 0 rings (SSSR count). The Hall–Kier alpha value is 1.65. The summed E-state index contributed by atoms with van der Waals surface area (Å²) in [5.41, 5.74) is 0. The van der Waals surface area contributed by atoms with Crippen molar-refractivity contribution in [3.8, 4) is 0 Å². The van der Waals surface area contributed by atoms with E-state index in [9.17, 15) is 0 Å². The van der Waals surface area contributed by atoms with Gasteiger partial charge in [-0.05, 0) is 0 Å². The van der Waals surface area contributed by atoms with E-state index in [1.54, 1.807) is 0 Å². The first-order chi connectivity index (χ1) is 4.24. The van der Waals surface area contributed by atoms with Crippen molar-refractivity contribution < 1.29 is 62.1 Å². The predicted molar refractivity (Wildman–Crippen MR) is 23.5 cm³/mol. The Labute approximate surface area is 108 Å². The van der Waals surface area contributed by atoms with Crippen LogP contribution < -0.4 is 31.3 Å². The molecule has 0 radical (unpaired) electrons. The van der Waals surface area contributed by atoms with E-state index in [1.807, 2.05) is 0 Å². The van der Waals surface area contributed by atoms with Gasteiger partial charge in [0, 0.05) is 0 Å². The maximum Gasteiger partial charge on any atom is 2.00 e. The molecule has 0 aliphatic rings. The summed E-state index contributed by atoms with van der Waals surface area (Å²) in [6.07, 6.45) is 0. The van der Waals surface area contributed by atoms with Gasteiger partial charge in [0.2, 0.25) is 0 Å². The van der Waals surface area contributed by atoms with E-state index in [0.29, 0.717) is 0 Å². The summed E-state index contributed by atoms with van der Waals surface area (Å²) in [5, 5.41) is 0. The van der Waals surface area contributed by atoms with E-state index in [1.165, 1.54) is 0 Å². The quantitative estimate of drug-likeness (QED) is 0.380. The molecular formula is H3Ge3LiO6Zn. The van der Waals surface area contributed by atoms with Gasteiger partial charge in [-0.15, -0.1) is 0 Å². The van der Waals surface area contributed by atoms with Crippen molar-refractivity contribution in [2.75, 3.05) is 0 Å². The Morgan fingerprint density at radius 1 is 0.727 bits per heavy atom. The van der Waals surface area contributed by atoms with Gasteiger partial charge in [0.25, 0.3) is 0 Å². The van der Waals surface area contributed by atoms with Crippen LogP contribution in [0.2, 0.25) is 0 Å². The van der Waals surface area contributed by atoms with Gasteiger partial charge in [-0.1, -0.05) is 0 Å². The second kappa shape index (κ2) is 61.1. The molecule has 0 aliphatic heterocycles. The van der Waals surface area contributed by atoms with Crippen molar-refractivity contribution >= 4 is 47.1 Å². The molecule has 0 aromatic carbocycles. The Kier molecular flexibility index (Phi) is 163. The minimum Gasteiger partial charge on any atom is 2.00 e. The van der Waals surface area contributed by atoms with Crippen LogP contribution in [0.15, 0.2) is 0 Å². The van der Waals surface area contributed by atoms with Gasteiger partial charge in [0.15, 0.2) is 0 Å². The van der Waals surface area contributed by atoms with Gasteiger partial charge in [0.1, 0.15) is 0 Å². The second-order valence-electron chi connectivity index (χ2n) is 0.289. The van der Waals surface area contributed by atoms with Crippen LogP contribution in [0.1, 0.15) is 0 Å². The van der Waals surface area contributed by atoms with E-state index in [0.717, 1.165) is 0 Å². The monoisotopic (exact) mass is 392 g/mol. The van der Waals surface area contributed by atoms with Crippen molar-refractivity contribution in [2.45, 2.75) is 0 Å². The number of hydrogen-bond acceptors (Lipinski definition) is 6. The van der Waals surface area contributed by atoms with E-state index in [4.69, 9.17) is 23.7 Å². The molecule has 11 heavy (non-hydrogen) atoms. The normalized spacial score (nSPS) is 3.27. The summed E-state index contributed by atoms with van der Waals surface area (Å²) in [7, 11) is 0. The molecule has 0 aromatic heterocycles. The minimum absolute atomic E-state index is 0. The van der Waals surface area contributed by atoms with Gasteiger partial charge in [-0.2, -0.15) is 0 Å². The van der Waals surface area contributed by atoms with Crippen LogP contribution in [0.25, 0.3) is 0 Å². The van der Waals surface area contributed by atoms with Crippen LogP contribution in [-0.2, 0) is 30.8 Å². The molecule has 0 heterocycles. The molecule has 54 valence electrons. The molecular weight excluding hydrogens is 386 g/mol. The maximum atomic E-state index is 8.53. The zero-order valence-corrected chi connectivity index (χ0v) is 16.1. The van der Waals surface area contributed by atoms with E-state index in [-0.39, 0.29) is 38.3 Å². The van der Waals surface area contributed by atoms with Gasteiger partial charge in [0.05, 0.1) is 0 Å². The fourth-order valence-corrected chi connectivity index (χ4v) is 0. The molecule has 6 nitrogen and oxygen atoms in total. The molecule has 0 aromatic rings. The van der Waals surface area contributed by atoms with Crippen molar-refractivity contribution in [1.82, 2.24) is 0 Å². The van der Waals surface area contributed by atoms with Crippen molar-refractivity contribution in [1.29, 1.82) is 0 Å². The van der Waals surface area contributed by atoms with E-state index in [2.05, 4.69) is 0 Å². The van der Waals surface area contributed by atoms with Gasteiger partial charge in [-0.3, -0.25) is 0 Å². The summed E-state index contributed by atoms with van der Waals surface area (Å²) in [5.74, 6) is 0. The molecule has 0 unspecified atom stereocenters. The molecule has 0 atom stereocenters. The summed E-state index contributed by atoms with van der Waals surface area (Å²) in [4.78, 5) is 0. The summed E-state index contributed by atoms with van der Waals surface area (Å²) in [6.45, 7) is 0. The topological polar surface area (TPSA) is 120 Å². The van der Waals surface area contributed by atoms with E-state index >= 15 is 0 Å². The van der Waals surface area contributed by atoms with Crippen molar-refractivity contribution in [3.05, 3.63) is 0 Å². The second-order valence-corrected chi connectivity index (χ2v) is 1.50. The Morgan fingerprint density at radius 2 is 0.727 bits per heavy atom. The third kappa shape index (κ3) is 399. The van der Waals surface area contributed by atoms with Crippen LogP contribution in [0, 0.1) is 0 Å². The zero-order chi connectivity index (χ0) is 8.12. The molecule has 0 bridgehead atoms. The largest absolute Gasteiger partial charge is 2.00 e. The number of rotatable bonds is 0. The summed E-state index contributed by atoms with van der Waals surface area (Å²) >= 11 is -6.56. The number of hydrogen-bond donors (Lipinski definition) is 0. The molecule has 0 aliphatic carbocycles. The molecule has 0 saturated heterocycles. The minimum atomic E-state index is -2.19. The fraction of sp³-hybridized carbons (Fsp3) is 0. The first-order valence-corrected chi connectivity index (χ1v) is 7.35. The van der Waals surface area contributed by atoms with Gasteiger partial charge >= 0.3 is 109 Å². The molecule has 11 heteroatoms. The molecule has 0 amide bonds.